The second-order valence-electron chi connectivity index (χ2n) is 6.63. The van der Waals surface area contributed by atoms with Crippen LogP contribution in [-0.4, -0.2) is 32.6 Å². The Hall–Kier alpha value is -2.54. The summed E-state index contributed by atoms with van der Waals surface area (Å²) in [7, 11) is 3.19. The molecule has 2 amide bonds. The van der Waals surface area contributed by atoms with Crippen molar-refractivity contribution in [3.63, 3.8) is 0 Å². The number of benzene rings is 2. The maximum absolute atomic E-state index is 12.9. The van der Waals surface area contributed by atoms with Gasteiger partial charge >= 0.3 is 0 Å². The molecule has 0 saturated carbocycles. The smallest absolute Gasteiger partial charge is 0.227 e. The Morgan fingerprint density at radius 3 is 2.57 bits per heavy atom. The third-order valence-electron chi connectivity index (χ3n) is 4.72. The van der Waals surface area contributed by atoms with Crippen LogP contribution >= 0.6 is 15.9 Å². The molecule has 2 aromatic carbocycles. The quantitative estimate of drug-likeness (QED) is 0.729. The second kappa shape index (κ2) is 8.65. The average molecular weight is 447 g/mol. The fourth-order valence-electron chi connectivity index (χ4n) is 3.47. The van der Waals surface area contributed by atoms with E-state index in [4.69, 9.17) is 9.47 Å². The number of carbonyl (C=O) groups excluding carboxylic acids is 2. The first-order valence-corrected chi connectivity index (χ1v) is 9.83. The molecule has 1 N–H and O–H groups in total. The first-order chi connectivity index (χ1) is 13.4. The van der Waals surface area contributed by atoms with Crippen molar-refractivity contribution in [3.05, 3.63) is 45.9 Å². The molecule has 6 nitrogen and oxygen atoms in total. The van der Waals surface area contributed by atoms with Gasteiger partial charge in [0.05, 0.1) is 25.6 Å². The number of nitrogens with one attached hydrogen (secondary N) is 1. The van der Waals surface area contributed by atoms with Crippen molar-refractivity contribution in [1.82, 2.24) is 0 Å². The molecule has 0 unspecified atom stereocenters. The maximum atomic E-state index is 12.9. The van der Waals surface area contributed by atoms with E-state index in [1.165, 1.54) is 6.92 Å². The van der Waals surface area contributed by atoms with Crippen molar-refractivity contribution < 1.29 is 19.1 Å². The highest BCUT2D eigenvalue weighted by Crippen LogP contribution is 2.39. The van der Waals surface area contributed by atoms with Gasteiger partial charge in [0, 0.05) is 24.4 Å². The van der Waals surface area contributed by atoms with Crippen molar-refractivity contribution in [3.8, 4) is 11.5 Å². The number of amides is 2. The van der Waals surface area contributed by atoms with Crippen LogP contribution < -0.4 is 19.7 Å². The monoisotopic (exact) mass is 446 g/mol. The number of aryl methyl sites for hydroxylation is 1. The molecule has 7 heteroatoms. The third kappa shape index (κ3) is 4.30. The lowest BCUT2D eigenvalue weighted by atomic mass is 10.1. The van der Waals surface area contributed by atoms with E-state index >= 15 is 0 Å². The number of hydrogen-bond acceptors (Lipinski definition) is 4. The van der Waals surface area contributed by atoms with Gasteiger partial charge in [-0.3, -0.25) is 9.59 Å². The van der Waals surface area contributed by atoms with Crippen molar-refractivity contribution in [2.75, 3.05) is 31.0 Å². The van der Waals surface area contributed by atoms with Crippen LogP contribution in [0.1, 0.15) is 24.5 Å². The Balaban J connectivity index is 1.76. The second-order valence-corrected chi connectivity index (χ2v) is 7.54. The number of nitrogens with zero attached hydrogens (tertiary/aromatic N) is 1. The van der Waals surface area contributed by atoms with Crippen LogP contribution in [0.3, 0.4) is 0 Å². The van der Waals surface area contributed by atoms with Crippen LogP contribution in [0.5, 0.6) is 11.5 Å². The van der Waals surface area contributed by atoms with Gasteiger partial charge < -0.3 is 19.7 Å². The van der Waals surface area contributed by atoms with E-state index in [9.17, 15) is 9.59 Å². The average Bonchev–Trinajstić information content (AvgIpc) is 3.09. The molecular formula is C21H23BrN2O4. The van der Waals surface area contributed by atoms with Crippen LogP contribution in [0.4, 0.5) is 11.4 Å². The number of carbonyl (C=O) groups is 2. The summed E-state index contributed by atoms with van der Waals surface area (Å²) in [6.45, 7) is 2.08. The van der Waals surface area contributed by atoms with Crippen molar-refractivity contribution >= 4 is 39.1 Å². The predicted molar refractivity (Wildman–Crippen MR) is 112 cm³/mol. The highest BCUT2D eigenvalue weighted by atomic mass is 79.9. The number of fused-ring (bicyclic) bond motifs is 1. The summed E-state index contributed by atoms with van der Waals surface area (Å²) in [5, 5.41) is 2.84. The summed E-state index contributed by atoms with van der Waals surface area (Å²) >= 11 is 3.47. The topological polar surface area (TPSA) is 67.9 Å². The van der Waals surface area contributed by atoms with Gasteiger partial charge in [0.1, 0.15) is 0 Å². The van der Waals surface area contributed by atoms with E-state index in [2.05, 4.69) is 21.2 Å². The molecule has 0 atom stereocenters. The van der Waals surface area contributed by atoms with E-state index in [1.807, 2.05) is 30.3 Å². The number of hydrogen-bond donors (Lipinski definition) is 1. The fourth-order valence-corrected chi connectivity index (χ4v) is 3.97. The Morgan fingerprint density at radius 1 is 1.14 bits per heavy atom. The Morgan fingerprint density at radius 2 is 1.89 bits per heavy atom. The number of halogens is 1. The summed E-state index contributed by atoms with van der Waals surface area (Å²) in [5.74, 6) is 1.18. The normalized spacial score (nSPS) is 12.5. The van der Waals surface area contributed by atoms with Gasteiger partial charge in [0.15, 0.2) is 11.5 Å². The molecule has 1 heterocycles. The Bertz CT molecular complexity index is 914. The summed E-state index contributed by atoms with van der Waals surface area (Å²) in [4.78, 5) is 26.3. The largest absolute Gasteiger partial charge is 0.493 e. The van der Waals surface area contributed by atoms with Gasteiger partial charge in [-0.05, 0) is 48.2 Å². The molecule has 148 valence electrons. The van der Waals surface area contributed by atoms with Gasteiger partial charge in [-0.15, -0.1) is 0 Å². The molecule has 3 rings (SSSR count). The van der Waals surface area contributed by atoms with E-state index < -0.39 is 0 Å². The number of ether oxygens (including phenoxy) is 2. The first-order valence-electron chi connectivity index (χ1n) is 9.04. The fraction of sp³-hybridized carbons (Fsp3) is 0.333. The summed E-state index contributed by atoms with van der Waals surface area (Å²) in [5.41, 5.74) is 3.52. The Kier molecular flexibility index (Phi) is 6.24. The number of methoxy groups -OCH3 is 2. The van der Waals surface area contributed by atoms with Gasteiger partial charge in [-0.1, -0.05) is 22.0 Å². The zero-order valence-electron chi connectivity index (χ0n) is 16.2. The van der Waals surface area contributed by atoms with Crippen LogP contribution in [0, 0.1) is 0 Å². The summed E-state index contributed by atoms with van der Waals surface area (Å²) in [6.07, 6.45) is 1.73. The molecule has 0 radical (unpaired) electrons. The van der Waals surface area contributed by atoms with Crippen LogP contribution in [0.15, 0.2) is 34.8 Å². The first kappa shape index (κ1) is 20.2. The minimum absolute atomic E-state index is 0.0301. The lowest BCUT2D eigenvalue weighted by molar-refractivity contribution is -0.118. The highest BCUT2D eigenvalue weighted by molar-refractivity contribution is 9.10. The molecule has 28 heavy (non-hydrogen) atoms. The van der Waals surface area contributed by atoms with Crippen LogP contribution in [-0.2, 0) is 22.4 Å². The minimum Gasteiger partial charge on any atom is -0.493 e. The molecular weight excluding hydrogens is 424 g/mol. The van der Waals surface area contributed by atoms with E-state index in [0.29, 0.717) is 36.6 Å². The van der Waals surface area contributed by atoms with Gasteiger partial charge in [-0.25, -0.2) is 0 Å². The molecule has 0 aromatic heterocycles. The molecule has 0 bridgehead atoms. The third-order valence-corrected chi connectivity index (χ3v) is 5.17. The van der Waals surface area contributed by atoms with E-state index in [1.54, 1.807) is 19.1 Å². The van der Waals surface area contributed by atoms with Crippen LogP contribution in [0.25, 0.3) is 0 Å². The zero-order chi connectivity index (χ0) is 20.3. The maximum Gasteiger partial charge on any atom is 0.227 e. The van der Waals surface area contributed by atoms with Gasteiger partial charge in [0.2, 0.25) is 11.8 Å². The van der Waals surface area contributed by atoms with E-state index in [0.717, 1.165) is 27.7 Å². The Labute approximate surface area is 172 Å². The molecule has 0 aliphatic carbocycles. The molecule has 1 aliphatic rings. The standard InChI is InChI=1S/C21H23BrN2O4/c1-13(25)23-17-12-16(22)11-15-8-9-24(21(15)17)20(26)7-5-14-4-6-18(27-2)19(10-14)28-3/h4,6,10-12H,5,7-9H2,1-3H3,(H,23,25). The SMILES string of the molecule is COc1ccc(CCC(=O)N2CCc3cc(Br)cc(NC(C)=O)c32)cc1OC. The minimum atomic E-state index is -0.162. The zero-order valence-corrected chi connectivity index (χ0v) is 17.8. The van der Waals surface area contributed by atoms with Gasteiger partial charge in [0.25, 0.3) is 0 Å². The molecule has 2 aromatic rings. The lowest BCUT2D eigenvalue weighted by Crippen LogP contribution is -2.30. The molecule has 0 spiro atoms. The highest BCUT2D eigenvalue weighted by Gasteiger charge is 2.28. The predicted octanol–water partition coefficient (Wildman–Crippen LogP) is 3.95. The van der Waals surface area contributed by atoms with Crippen molar-refractivity contribution in [1.29, 1.82) is 0 Å². The number of rotatable bonds is 6. The number of anilines is 2. The molecule has 1 aliphatic heterocycles. The van der Waals surface area contributed by atoms with Crippen molar-refractivity contribution in [2.24, 2.45) is 0 Å². The van der Waals surface area contributed by atoms with Crippen molar-refractivity contribution in [2.45, 2.75) is 26.2 Å². The van der Waals surface area contributed by atoms with Gasteiger partial charge in [-0.2, -0.15) is 0 Å². The molecule has 0 fully saturated rings. The summed E-state index contributed by atoms with van der Waals surface area (Å²) in [6, 6.07) is 9.51. The molecule has 0 saturated heterocycles. The lowest BCUT2D eigenvalue weighted by Gasteiger charge is -2.21. The van der Waals surface area contributed by atoms with E-state index in [-0.39, 0.29) is 11.8 Å². The summed E-state index contributed by atoms with van der Waals surface area (Å²) < 4.78 is 11.5. The van der Waals surface area contributed by atoms with Crippen LogP contribution in [0.2, 0.25) is 0 Å².